The van der Waals surface area contributed by atoms with Crippen LogP contribution in [0.15, 0.2) is 94.5 Å². The number of rotatable bonds is 13. The van der Waals surface area contributed by atoms with E-state index in [4.69, 9.17) is 9.84 Å². The van der Waals surface area contributed by atoms with Crippen molar-refractivity contribution < 1.29 is 14.6 Å². The lowest BCUT2D eigenvalue weighted by molar-refractivity contribution is -0.137. The number of nitrogens with zero attached hydrogens (tertiary/aromatic N) is 3. The molecule has 1 saturated heterocycles. The second-order valence-electron chi connectivity index (χ2n) is 11.0. The molecule has 0 unspecified atom stereocenters. The highest BCUT2D eigenvalue weighted by atomic mass is 16.5. The normalized spacial score (nSPS) is 14.5. The quantitative estimate of drug-likeness (QED) is 0.226. The predicted octanol–water partition coefficient (Wildman–Crippen LogP) is 5.08. The molecule has 0 bridgehead atoms. The van der Waals surface area contributed by atoms with Crippen LogP contribution in [-0.2, 0) is 22.6 Å². The lowest BCUT2D eigenvalue weighted by atomic mass is 10.00. The molecule has 0 radical (unpaired) electrons. The minimum atomic E-state index is -0.900. The molecule has 3 aromatic carbocycles. The highest BCUT2D eigenvalue weighted by Crippen LogP contribution is 2.30. The Labute approximate surface area is 245 Å². The summed E-state index contributed by atoms with van der Waals surface area (Å²) in [7, 11) is 0. The van der Waals surface area contributed by atoms with Gasteiger partial charge in [-0.1, -0.05) is 72.8 Å². The van der Waals surface area contributed by atoms with Crippen LogP contribution in [0.25, 0.3) is 10.9 Å². The van der Waals surface area contributed by atoms with E-state index in [1.165, 1.54) is 4.57 Å². The van der Waals surface area contributed by atoms with E-state index in [2.05, 4.69) is 53.4 Å². The van der Waals surface area contributed by atoms with Gasteiger partial charge in [0.25, 0.3) is 5.56 Å². The van der Waals surface area contributed by atoms with Crippen molar-refractivity contribution in [3.63, 3.8) is 0 Å². The van der Waals surface area contributed by atoms with Crippen LogP contribution < -0.4 is 11.2 Å². The molecule has 0 aliphatic carbocycles. The molecule has 2 heterocycles. The first-order chi connectivity index (χ1) is 20.5. The summed E-state index contributed by atoms with van der Waals surface area (Å²) in [5, 5.41) is 9.50. The number of aromatic nitrogens is 2. The topological polar surface area (TPSA) is 93.8 Å². The zero-order valence-electron chi connectivity index (χ0n) is 23.9. The van der Waals surface area contributed by atoms with E-state index in [1.807, 2.05) is 12.1 Å². The molecule has 1 aliphatic heterocycles. The summed E-state index contributed by atoms with van der Waals surface area (Å²) in [6, 6.07) is 27.8. The Morgan fingerprint density at radius 3 is 1.98 bits per heavy atom. The van der Waals surface area contributed by atoms with E-state index < -0.39 is 5.97 Å². The highest BCUT2D eigenvalue weighted by molar-refractivity contribution is 5.77. The third-order valence-electron chi connectivity index (χ3n) is 8.08. The second kappa shape index (κ2) is 14.2. The van der Waals surface area contributed by atoms with Gasteiger partial charge in [-0.2, -0.15) is 0 Å². The van der Waals surface area contributed by atoms with Gasteiger partial charge in [0.2, 0.25) is 0 Å². The number of ether oxygens (including phenoxy) is 1. The summed E-state index contributed by atoms with van der Waals surface area (Å²) < 4.78 is 9.53. The molecular weight excluding hydrogens is 530 g/mol. The summed E-state index contributed by atoms with van der Waals surface area (Å²) in [6.45, 7) is 3.42. The van der Waals surface area contributed by atoms with E-state index in [-0.39, 0.29) is 36.4 Å². The fourth-order valence-corrected chi connectivity index (χ4v) is 5.84. The van der Waals surface area contributed by atoms with Gasteiger partial charge in [0.1, 0.15) is 6.10 Å². The number of carbonyl (C=O) groups is 1. The van der Waals surface area contributed by atoms with Crippen molar-refractivity contribution in [2.24, 2.45) is 0 Å². The first kappa shape index (κ1) is 29.5. The van der Waals surface area contributed by atoms with Crippen LogP contribution in [0.4, 0.5) is 0 Å². The number of benzene rings is 3. The van der Waals surface area contributed by atoms with Gasteiger partial charge in [0.05, 0.1) is 17.0 Å². The number of aryl methyl sites for hydroxylation is 1. The lowest BCUT2D eigenvalue weighted by Crippen LogP contribution is -2.40. The Kier molecular flexibility index (Phi) is 10.0. The molecule has 8 nitrogen and oxygen atoms in total. The molecule has 0 amide bonds. The Morgan fingerprint density at radius 2 is 1.33 bits per heavy atom. The monoisotopic (exact) mass is 569 g/mol. The zero-order valence-corrected chi connectivity index (χ0v) is 23.9. The average Bonchev–Trinajstić information content (AvgIpc) is 3.02. The van der Waals surface area contributed by atoms with E-state index in [0.717, 1.165) is 50.0 Å². The predicted molar refractivity (Wildman–Crippen MR) is 164 cm³/mol. The van der Waals surface area contributed by atoms with Crippen molar-refractivity contribution in [1.29, 1.82) is 0 Å². The van der Waals surface area contributed by atoms with Gasteiger partial charge >= 0.3 is 11.7 Å². The lowest BCUT2D eigenvalue weighted by Gasteiger charge is -2.34. The van der Waals surface area contributed by atoms with Gasteiger partial charge in [-0.3, -0.25) is 18.7 Å². The van der Waals surface area contributed by atoms with Gasteiger partial charge in [0.15, 0.2) is 0 Å². The first-order valence-corrected chi connectivity index (χ1v) is 14.9. The Morgan fingerprint density at radius 1 is 0.762 bits per heavy atom. The van der Waals surface area contributed by atoms with Crippen molar-refractivity contribution in [2.45, 2.75) is 63.8 Å². The average molecular weight is 570 g/mol. The second-order valence-corrected chi connectivity index (χ2v) is 11.0. The SMILES string of the molecule is O=C(O)CCCn1c(=O)n(CCCCN2CCC(OC(c3ccccc3)c3ccccc3)CC2)c(=O)c2ccccc21. The molecule has 0 spiro atoms. The Hall–Kier alpha value is -4.01. The van der Waals surface area contributed by atoms with Crippen molar-refractivity contribution >= 4 is 16.9 Å². The fourth-order valence-electron chi connectivity index (χ4n) is 5.84. The summed E-state index contributed by atoms with van der Waals surface area (Å²) in [6.07, 6.45) is 3.90. The minimum absolute atomic E-state index is 0.0270. The molecule has 1 N–H and O–H groups in total. The number of unbranched alkanes of at least 4 members (excludes halogenated alkanes) is 1. The number of hydrogen-bond acceptors (Lipinski definition) is 5. The third-order valence-corrected chi connectivity index (χ3v) is 8.08. The number of para-hydroxylation sites is 1. The summed E-state index contributed by atoms with van der Waals surface area (Å²) in [4.78, 5) is 39.8. The largest absolute Gasteiger partial charge is 0.481 e. The molecule has 4 aromatic rings. The molecular formula is C34H39N3O5. The molecule has 1 aliphatic rings. The van der Waals surface area contributed by atoms with Gasteiger partial charge in [-0.15, -0.1) is 0 Å². The maximum Gasteiger partial charge on any atom is 0.331 e. The number of carboxylic acids is 1. The number of hydrogen-bond donors (Lipinski definition) is 1. The first-order valence-electron chi connectivity index (χ1n) is 14.9. The molecule has 1 aromatic heterocycles. The van der Waals surface area contributed by atoms with Crippen molar-refractivity contribution in [3.8, 4) is 0 Å². The van der Waals surface area contributed by atoms with Crippen LogP contribution >= 0.6 is 0 Å². The van der Waals surface area contributed by atoms with Crippen LogP contribution in [-0.4, -0.2) is 50.8 Å². The molecule has 1 fully saturated rings. The van der Waals surface area contributed by atoms with E-state index >= 15 is 0 Å². The minimum Gasteiger partial charge on any atom is -0.481 e. The number of fused-ring (bicyclic) bond motifs is 1. The standard InChI is InChI=1S/C34H39N3O5/c38-31(39)18-11-23-36-30-17-8-7-16-29(30)33(40)37(34(36)41)22-10-9-21-35-24-19-28(20-25-35)42-32(26-12-3-1-4-13-26)27-14-5-2-6-15-27/h1-8,12-17,28,32H,9-11,18-25H2,(H,38,39). The molecule has 220 valence electrons. The number of carboxylic acid groups (broad SMARTS) is 1. The Balaban J connectivity index is 1.15. The van der Waals surface area contributed by atoms with Crippen LogP contribution in [0, 0.1) is 0 Å². The summed E-state index contributed by atoms with van der Waals surface area (Å²) >= 11 is 0. The van der Waals surface area contributed by atoms with Crippen molar-refractivity contribution in [3.05, 3.63) is 117 Å². The maximum atomic E-state index is 13.3. The fraction of sp³-hybridized carbons (Fsp3) is 0.382. The van der Waals surface area contributed by atoms with E-state index in [0.29, 0.717) is 30.3 Å². The van der Waals surface area contributed by atoms with Crippen molar-refractivity contribution in [2.75, 3.05) is 19.6 Å². The molecule has 0 atom stereocenters. The van der Waals surface area contributed by atoms with Crippen LogP contribution in [0.2, 0.25) is 0 Å². The van der Waals surface area contributed by atoms with Crippen LogP contribution in [0.3, 0.4) is 0 Å². The number of piperidine rings is 1. The van der Waals surface area contributed by atoms with Crippen molar-refractivity contribution in [1.82, 2.24) is 14.0 Å². The smallest absolute Gasteiger partial charge is 0.331 e. The maximum absolute atomic E-state index is 13.3. The summed E-state index contributed by atoms with van der Waals surface area (Å²) in [5.41, 5.74) is 2.23. The number of aliphatic carboxylic acids is 1. The van der Waals surface area contributed by atoms with Crippen LogP contribution in [0.1, 0.15) is 55.8 Å². The third kappa shape index (κ3) is 7.24. The zero-order chi connectivity index (χ0) is 29.3. The molecule has 5 rings (SSSR count). The molecule has 8 heteroatoms. The van der Waals surface area contributed by atoms with E-state index in [1.54, 1.807) is 28.8 Å². The number of likely N-dealkylation sites (tertiary alicyclic amines) is 1. The molecule has 42 heavy (non-hydrogen) atoms. The van der Waals surface area contributed by atoms with Gasteiger partial charge < -0.3 is 14.7 Å². The molecule has 0 saturated carbocycles. The van der Waals surface area contributed by atoms with Gasteiger partial charge in [-0.05, 0) is 61.9 Å². The van der Waals surface area contributed by atoms with E-state index in [9.17, 15) is 14.4 Å². The highest BCUT2D eigenvalue weighted by Gasteiger charge is 2.24. The Bertz CT molecular complexity index is 1530. The van der Waals surface area contributed by atoms with Gasteiger partial charge in [-0.25, -0.2) is 4.79 Å². The van der Waals surface area contributed by atoms with Crippen LogP contribution in [0.5, 0.6) is 0 Å². The summed E-state index contributed by atoms with van der Waals surface area (Å²) in [5.74, 6) is -0.900. The van der Waals surface area contributed by atoms with Gasteiger partial charge in [0, 0.05) is 32.6 Å².